The van der Waals surface area contributed by atoms with E-state index in [1.165, 1.54) is 18.2 Å². The minimum atomic E-state index is -0.725. The Morgan fingerprint density at radius 3 is 2.89 bits per heavy atom. The molecule has 0 aromatic heterocycles. The van der Waals surface area contributed by atoms with Gasteiger partial charge < -0.3 is 10.0 Å². The Bertz CT molecular complexity index is 393. The van der Waals surface area contributed by atoms with Gasteiger partial charge in [0.05, 0.1) is 6.10 Å². The molecule has 2 unspecified atom stereocenters. The quantitative estimate of drug-likeness (QED) is 0.919. The average molecular weight is 283 g/mol. The first kappa shape index (κ1) is 14.8. The van der Waals surface area contributed by atoms with E-state index < -0.39 is 6.10 Å². The van der Waals surface area contributed by atoms with Crippen molar-refractivity contribution in [3.05, 3.63) is 35.6 Å². The van der Waals surface area contributed by atoms with Gasteiger partial charge in [-0.2, -0.15) is 11.8 Å². The molecule has 1 aliphatic heterocycles. The van der Waals surface area contributed by atoms with Crippen molar-refractivity contribution in [2.45, 2.75) is 19.4 Å². The first-order chi connectivity index (χ1) is 9.18. The molecule has 19 heavy (non-hydrogen) atoms. The van der Waals surface area contributed by atoms with Crippen molar-refractivity contribution in [1.82, 2.24) is 4.90 Å². The third kappa shape index (κ3) is 4.20. The highest BCUT2D eigenvalue weighted by molar-refractivity contribution is 7.99. The number of nitrogens with zero attached hydrogens (tertiary/aromatic N) is 1. The molecule has 1 N–H and O–H groups in total. The van der Waals surface area contributed by atoms with Gasteiger partial charge in [0.1, 0.15) is 5.82 Å². The summed E-state index contributed by atoms with van der Waals surface area (Å²) in [6.45, 7) is 4.98. The van der Waals surface area contributed by atoms with Gasteiger partial charge >= 0.3 is 0 Å². The van der Waals surface area contributed by atoms with Gasteiger partial charge in [-0.05, 0) is 30.7 Å². The summed E-state index contributed by atoms with van der Waals surface area (Å²) >= 11 is 1.99. The number of aliphatic hydroxyl groups is 1. The van der Waals surface area contributed by atoms with E-state index in [9.17, 15) is 9.50 Å². The Morgan fingerprint density at radius 1 is 1.32 bits per heavy atom. The predicted molar refractivity (Wildman–Crippen MR) is 78.9 cm³/mol. The third-order valence-corrected chi connectivity index (χ3v) is 4.67. The van der Waals surface area contributed by atoms with Gasteiger partial charge in [0.25, 0.3) is 0 Å². The van der Waals surface area contributed by atoms with Gasteiger partial charge in [-0.1, -0.05) is 25.1 Å². The maximum Gasteiger partial charge on any atom is 0.129 e. The zero-order valence-corrected chi connectivity index (χ0v) is 12.2. The first-order valence-electron chi connectivity index (χ1n) is 6.91. The molecule has 0 amide bonds. The molecule has 0 bridgehead atoms. The molecule has 1 aliphatic rings. The molecule has 1 saturated heterocycles. The van der Waals surface area contributed by atoms with Crippen LogP contribution in [0.4, 0.5) is 4.39 Å². The van der Waals surface area contributed by atoms with E-state index in [1.54, 1.807) is 18.2 Å². The lowest BCUT2D eigenvalue weighted by molar-refractivity contribution is 0.0873. The van der Waals surface area contributed by atoms with Crippen LogP contribution >= 0.6 is 11.8 Å². The van der Waals surface area contributed by atoms with E-state index in [4.69, 9.17) is 0 Å². The second-order valence-corrected chi connectivity index (χ2v) is 6.43. The number of rotatable bonds is 4. The van der Waals surface area contributed by atoms with Gasteiger partial charge in [0.15, 0.2) is 0 Å². The molecule has 1 heterocycles. The maximum atomic E-state index is 13.7. The highest BCUT2D eigenvalue weighted by Crippen LogP contribution is 2.25. The van der Waals surface area contributed by atoms with Crippen LogP contribution in [-0.2, 0) is 0 Å². The Hall–Kier alpha value is -0.580. The monoisotopic (exact) mass is 283 g/mol. The predicted octanol–water partition coefficient (Wildman–Crippen LogP) is 2.93. The highest BCUT2D eigenvalue weighted by atomic mass is 32.2. The molecule has 0 radical (unpaired) electrons. The van der Waals surface area contributed by atoms with E-state index in [2.05, 4.69) is 4.90 Å². The highest BCUT2D eigenvalue weighted by Gasteiger charge is 2.22. The summed E-state index contributed by atoms with van der Waals surface area (Å²) in [5.74, 6) is 2.11. The number of halogens is 1. The Labute approximate surface area is 119 Å². The van der Waals surface area contributed by atoms with Crippen LogP contribution < -0.4 is 0 Å². The van der Waals surface area contributed by atoms with E-state index in [0.29, 0.717) is 5.56 Å². The van der Waals surface area contributed by atoms with Gasteiger partial charge in [-0.3, -0.25) is 0 Å². The van der Waals surface area contributed by atoms with Crippen LogP contribution in [0.5, 0.6) is 0 Å². The van der Waals surface area contributed by atoms with Crippen molar-refractivity contribution in [3.63, 3.8) is 0 Å². The standard InChI is InChI=1S/C15H22FNOS/c1-12(11-17-7-4-9-19-10-8-17)15(18)13-5-2-3-6-14(13)16/h2-3,5-6,12,15,18H,4,7-11H2,1H3. The molecule has 2 atom stereocenters. The molecule has 4 heteroatoms. The van der Waals surface area contributed by atoms with Crippen LogP contribution in [0, 0.1) is 11.7 Å². The third-order valence-electron chi connectivity index (χ3n) is 3.62. The molecule has 0 spiro atoms. The van der Waals surface area contributed by atoms with Gasteiger partial charge in [-0.25, -0.2) is 4.39 Å². The largest absolute Gasteiger partial charge is 0.388 e. The van der Waals surface area contributed by atoms with Crippen molar-refractivity contribution >= 4 is 11.8 Å². The zero-order chi connectivity index (χ0) is 13.7. The van der Waals surface area contributed by atoms with Crippen LogP contribution in [-0.4, -0.2) is 41.1 Å². The van der Waals surface area contributed by atoms with E-state index in [1.807, 2.05) is 18.7 Å². The number of benzene rings is 1. The fourth-order valence-electron chi connectivity index (χ4n) is 2.51. The van der Waals surface area contributed by atoms with Crippen molar-refractivity contribution in [2.75, 3.05) is 31.1 Å². The van der Waals surface area contributed by atoms with Crippen LogP contribution in [0.3, 0.4) is 0 Å². The van der Waals surface area contributed by atoms with Crippen molar-refractivity contribution in [2.24, 2.45) is 5.92 Å². The molecule has 106 valence electrons. The smallest absolute Gasteiger partial charge is 0.129 e. The molecule has 0 aliphatic carbocycles. The summed E-state index contributed by atoms with van der Waals surface area (Å²) in [6, 6.07) is 6.52. The van der Waals surface area contributed by atoms with Gasteiger partial charge in [0, 0.05) is 24.4 Å². The van der Waals surface area contributed by atoms with Gasteiger partial charge in [0.2, 0.25) is 0 Å². The van der Waals surface area contributed by atoms with Crippen LogP contribution in [0.1, 0.15) is 25.0 Å². The molecule has 1 fully saturated rings. The Kier molecular flexibility index (Phi) is 5.67. The SMILES string of the molecule is CC(CN1CCCSCC1)C(O)c1ccccc1F. The molecule has 1 aromatic rings. The number of aliphatic hydroxyl groups excluding tert-OH is 1. The summed E-state index contributed by atoms with van der Waals surface area (Å²) in [6.07, 6.45) is 0.477. The zero-order valence-electron chi connectivity index (χ0n) is 11.4. The minimum Gasteiger partial charge on any atom is -0.388 e. The summed E-state index contributed by atoms with van der Waals surface area (Å²) < 4.78 is 13.7. The molecule has 2 nitrogen and oxygen atoms in total. The maximum absolute atomic E-state index is 13.7. The van der Waals surface area contributed by atoms with E-state index in [0.717, 1.165) is 25.4 Å². The minimum absolute atomic E-state index is 0.0417. The van der Waals surface area contributed by atoms with E-state index in [-0.39, 0.29) is 11.7 Å². The van der Waals surface area contributed by atoms with Crippen molar-refractivity contribution in [3.8, 4) is 0 Å². The lowest BCUT2D eigenvalue weighted by Gasteiger charge is -2.27. The molecule has 0 saturated carbocycles. The van der Waals surface area contributed by atoms with Crippen molar-refractivity contribution < 1.29 is 9.50 Å². The summed E-state index contributed by atoms with van der Waals surface area (Å²) in [5.41, 5.74) is 0.416. The van der Waals surface area contributed by atoms with Gasteiger partial charge in [-0.15, -0.1) is 0 Å². The number of hydrogen-bond acceptors (Lipinski definition) is 3. The average Bonchev–Trinajstić information content (AvgIpc) is 2.67. The fraction of sp³-hybridized carbons (Fsp3) is 0.600. The van der Waals surface area contributed by atoms with Crippen LogP contribution in [0.15, 0.2) is 24.3 Å². The normalized spacial score (nSPS) is 20.8. The lowest BCUT2D eigenvalue weighted by Crippen LogP contribution is -2.33. The fourth-order valence-corrected chi connectivity index (χ4v) is 3.43. The van der Waals surface area contributed by atoms with E-state index >= 15 is 0 Å². The molecule has 1 aromatic carbocycles. The molecular weight excluding hydrogens is 261 g/mol. The topological polar surface area (TPSA) is 23.5 Å². The summed E-state index contributed by atoms with van der Waals surface area (Å²) in [4.78, 5) is 2.38. The Morgan fingerprint density at radius 2 is 2.11 bits per heavy atom. The first-order valence-corrected chi connectivity index (χ1v) is 8.06. The molecular formula is C15H22FNOS. The molecule has 2 rings (SSSR count). The summed E-state index contributed by atoms with van der Waals surface area (Å²) in [7, 11) is 0. The van der Waals surface area contributed by atoms with Crippen LogP contribution in [0.2, 0.25) is 0 Å². The van der Waals surface area contributed by atoms with Crippen molar-refractivity contribution in [1.29, 1.82) is 0 Å². The Balaban J connectivity index is 1.95. The lowest BCUT2D eigenvalue weighted by atomic mass is 9.96. The number of thioether (sulfide) groups is 1. The summed E-state index contributed by atoms with van der Waals surface area (Å²) in [5, 5.41) is 10.3. The second kappa shape index (κ2) is 7.27. The number of hydrogen-bond donors (Lipinski definition) is 1. The second-order valence-electron chi connectivity index (χ2n) is 5.21. The van der Waals surface area contributed by atoms with Crippen LogP contribution in [0.25, 0.3) is 0 Å².